The van der Waals surface area contributed by atoms with Crippen LogP contribution >= 0.6 is 7.60 Å². The number of rotatable bonds is 10. The Balaban J connectivity index is 2.62. The minimum Gasteiger partial charge on any atom is -0.368 e. The quantitative estimate of drug-likeness (QED) is 0.265. The predicted octanol–water partition coefficient (Wildman–Crippen LogP) is 5.97. The first-order chi connectivity index (χ1) is 14.4. The molecule has 2 aromatic carbocycles. The van der Waals surface area contributed by atoms with Crippen LogP contribution in [0.4, 0.5) is 17.1 Å². The number of benzene rings is 2. The van der Waals surface area contributed by atoms with E-state index in [2.05, 4.69) is 5.32 Å². The summed E-state index contributed by atoms with van der Waals surface area (Å²) in [5.74, 6) is -1.09. The Bertz CT molecular complexity index is 996. The first-order valence-electron chi connectivity index (χ1n) is 9.65. The number of non-ortho nitro benzene ring substituents is 2. The van der Waals surface area contributed by atoms with E-state index in [-0.39, 0.29) is 11.4 Å². The van der Waals surface area contributed by atoms with Crippen LogP contribution in [0.5, 0.6) is 0 Å². The minimum absolute atomic E-state index is 0.0880. The number of aryl methyl sites for hydroxylation is 1. The average molecular weight is 451 g/mol. The molecule has 168 valence electrons. The van der Waals surface area contributed by atoms with Crippen molar-refractivity contribution in [3.63, 3.8) is 0 Å². The molecular weight excluding hydrogens is 425 g/mol. The Morgan fingerprint density at radius 3 is 1.94 bits per heavy atom. The van der Waals surface area contributed by atoms with Gasteiger partial charge in [-0.2, -0.15) is 0 Å². The van der Waals surface area contributed by atoms with Crippen molar-refractivity contribution < 1.29 is 23.5 Å². The highest BCUT2D eigenvalue weighted by Crippen LogP contribution is 2.62. The highest BCUT2D eigenvalue weighted by Gasteiger charge is 2.40. The van der Waals surface area contributed by atoms with Crippen molar-refractivity contribution in [2.75, 3.05) is 5.32 Å². The Hall–Kier alpha value is -2.81. The van der Waals surface area contributed by atoms with Crippen LogP contribution in [-0.4, -0.2) is 22.1 Å². The number of hydrogen-bond donors (Lipinski definition) is 1. The Kier molecular flexibility index (Phi) is 7.89. The number of anilines is 1. The fourth-order valence-electron chi connectivity index (χ4n) is 2.96. The Morgan fingerprint density at radius 2 is 1.45 bits per heavy atom. The second-order valence-electron chi connectivity index (χ2n) is 7.50. The van der Waals surface area contributed by atoms with Crippen LogP contribution in [-0.2, 0) is 13.6 Å². The fourth-order valence-corrected chi connectivity index (χ4v) is 5.25. The molecule has 0 aliphatic rings. The Morgan fingerprint density at radius 1 is 0.903 bits per heavy atom. The number of nitro benzene ring substituents is 2. The highest BCUT2D eigenvalue weighted by molar-refractivity contribution is 7.54. The summed E-state index contributed by atoms with van der Waals surface area (Å²) in [7, 11) is -3.90. The molecule has 1 atom stereocenters. The van der Waals surface area contributed by atoms with Gasteiger partial charge in [0.15, 0.2) is 5.78 Å². The molecule has 10 nitrogen and oxygen atoms in total. The van der Waals surface area contributed by atoms with Crippen molar-refractivity contribution in [3.8, 4) is 0 Å². The summed E-state index contributed by atoms with van der Waals surface area (Å²) in [4.78, 5) is 21.3. The maximum atomic E-state index is 13.9. The second-order valence-corrected chi connectivity index (χ2v) is 9.52. The molecule has 2 aromatic rings. The van der Waals surface area contributed by atoms with E-state index >= 15 is 0 Å². The van der Waals surface area contributed by atoms with E-state index in [0.717, 1.165) is 0 Å². The molecule has 0 spiro atoms. The van der Waals surface area contributed by atoms with Gasteiger partial charge in [0.05, 0.1) is 22.1 Å². The fraction of sp³-hybridized carbons (Fsp3) is 0.400. The molecule has 0 amide bonds. The molecule has 31 heavy (non-hydrogen) atoms. The van der Waals surface area contributed by atoms with Crippen molar-refractivity contribution in [3.05, 3.63) is 73.8 Å². The van der Waals surface area contributed by atoms with E-state index in [1.807, 2.05) is 0 Å². The number of nitro groups is 2. The molecular formula is C20H26N3O7P. The van der Waals surface area contributed by atoms with Crippen LogP contribution in [0.1, 0.15) is 44.6 Å². The number of nitrogens with one attached hydrogen (secondary N) is 1. The lowest BCUT2D eigenvalue weighted by atomic mass is 10.1. The molecule has 0 fully saturated rings. The lowest BCUT2D eigenvalue weighted by Gasteiger charge is -2.31. The summed E-state index contributed by atoms with van der Waals surface area (Å²) in [5.41, 5.74) is 1.06. The van der Waals surface area contributed by atoms with E-state index in [1.54, 1.807) is 40.7 Å². The largest absolute Gasteiger partial charge is 0.368 e. The monoisotopic (exact) mass is 451 g/mol. The third kappa shape index (κ3) is 6.33. The van der Waals surface area contributed by atoms with Crippen molar-refractivity contribution in [1.82, 2.24) is 0 Å². The van der Waals surface area contributed by atoms with Gasteiger partial charge in [-0.05, 0) is 51.8 Å². The molecule has 0 aliphatic carbocycles. The number of nitrogens with zero attached hydrogens (tertiary/aromatic N) is 2. The Labute approximate surface area is 180 Å². The molecule has 1 N–H and O–H groups in total. The predicted molar refractivity (Wildman–Crippen MR) is 117 cm³/mol. The molecule has 0 saturated heterocycles. The van der Waals surface area contributed by atoms with E-state index in [1.165, 1.54) is 36.4 Å². The maximum Gasteiger partial charge on any atom is 0.357 e. The van der Waals surface area contributed by atoms with Crippen molar-refractivity contribution >= 4 is 24.7 Å². The maximum absolute atomic E-state index is 13.9. The van der Waals surface area contributed by atoms with Crippen LogP contribution < -0.4 is 5.32 Å². The van der Waals surface area contributed by atoms with Gasteiger partial charge in [0.2, 0.25) is 0 Å². The van der Waals surface area contributed by atoms with Crippen molar-refractivity contribution in [2.24, 2.45) is 0 Å². The summed E-state index contributed by atoms with van der Waals surface area (Å²) in [6.45, 7) is 8.49. The third-order valence-electron chi connectivity index (χ3n) is 4.14. The lowest BCUT2D eigenvalue weighted by molar-refractivity contribution is -0.385. The normalized spacial score (nSPS) is 12.7. The molecule has 2 rings (SSSR count). The van der Waals surface area contributed by atoms with E-state index in [9.17, 15) is 24.8 Å². The summed E-state index contributed by atoms with van der Waals surface area (Å²) < 4.78 is 25.4. The topological polar surface area (TPSA) is 134 Å². The molecule has 0 radical (unpaired) electrons. The lowest BCUT2D eigenvalue weighted by Crippen LogP contribution is -2.19. The smallest absolute Gasteiger partial charge is 0.357 e. The summed E-state index contributed by atoms with van der Waals surface area (Å²) in [6, 6.07) is 9.90. The van der Waals surface area contributed by atoms with Gasteiger partial charge >= 0.3 is 7.60 Å². The zero-order chi connectivity index (χ0) is 23.3. The second kappa shape index (κ2) is 10.00. The van der Waals surface area contributed by atoms with Gasteiger partial charge in [-0.3, -0.25) is 24.8 Å². The third-order valence-corrected chi connectivity index (χ3v) is 6.63. The van der Waals surface area contributed by atoms with Crippen molar-refractivity contribution in [1.29, 1.82) is 0 Å². The van der Waals surface area contributed by atoms with Gasteiger partial charge in [0, 0.05) is 30.0 Å². The first kappa shape index (κ1) is 24.5. The standard InChI is InChI=1S/C20H26N3O7P/c1-13(2)29-31(28,30-14(3)4)20(16-7-6-8-17(12-16)22(24)25)21-19-10-9-18(23(26)27)11-15(19)5/h6-14,20-21H,1-5H3. The molecule has 1 unspecified atom stereocenters. The van der Waals surface area contributed by atoms with Gasteiger partial charge < -0.3 is 14.4 Å². The van der Waals surface area contributed by atoms with E-state index < -0.39 is 35.4 Å². The zero-order valence-electron chi connectivity index (χ0n) is 18.0. The summed E-state index contributed by atoms with van der Waals surface area (Å²) in [6.07, 6.45) is -0.906. The summed E-state index contributed by atoms with van der Waals surface area (Å²) >= 11 is 0. The van der Waals surface area contributed by atoms with Gasteiger partial charge in [-0.1, -0.05) is 12.1 Å². The first-order valence-corrected chi connectivity index (χ1v) is 11.3. The summed E-state index contributed by atoms with van der Waals surface area (Å²) in [5, 5.41) is 25.4. The van der Waals surface area contributed by atoms with Crippen LogP contribution in [0, 0.1) is 27.2 Å². The van der Waals surface area contributed by atoms with E-state index in [4.69, 9.17) is 9.05 Å². The minimum atomic E-state index is -3.90. The molecule has 0 bridgehead atoms. The molecule has 11 heteroatoms. The molecule has 0 heterocycles. The molecule has 0 aromatic heterocycles. The number of hydrogen-bond acceptors (Lipinski definition) is 8. The van der Waals surface area contributed by atoms with Gasteiger partial charge in [0.1, 0.15) is 0 Å². The van der Waals surface area contributed by atoms with Gasteiger partial charge in [-0.25, -0.2) is 0 Å². The SMILES string of the molecule is Cc1cc([N+](=O)[O-])ccc1NC(c1cccc([N+](=O)[O-])c1)P(=O)(OC(C)C)OC(C)C. The van der Waals surface area contributed by atoms with Crippen LogP contribution in [0.25, 0.3) is 0 Å². The van der Waals surface area contributed by atoms with Crippen LogP contribution in [0.3, 0.4) is 0 Å². The van der Waals surface area contributed by atoms with E-state index in [0.29, 0.717) is 16.8 Å². The van der Waals surface area contributed by atoms with Crippen LogP contribution in [0.15, 0.2) is 42.5 Å². The molecule has 0 saturated carbocycles. The molecule has 0 aliphatic heterocycles. The van der Waals surface area contributed by atoms with Crippen LogP contribution in [0.2, 0.25) is 0 Å². The van der Waals surface area contributed by atoms with Gasteiger partial charge in [-0.15, -0.1) is 0 Å². The highest BCUT2D eigenvalue weighted by atomic mass is 31.2. The zero-order valence-corrected chi connectivity index (χ0v) is 18.9. The average Bonchev–Trinajstić information content (AvgIpc) is 2.65. The van der Waals surface area contributed by atoms with Gasteiger partial charge in [0.25, 0.3) is 11.4 Å². The van der Waals surface area contributed by atoms with Crippen molar-refractivity contribution in [2.45, 2.75) is 52.6 Å².